The largest absolute Gasteiger partial charge is 0.383 e. The Balaban J connectivity index is 2.13. The van der Waals surface area contributed by atoms with Gasteiger partial charge in [0.05, 0.1) is 5.02 Å². The van der Waals surface area contributed by atoms with Gasteiger partial charge < -0.3 is 5.11 Å². The molecule has 1 aromatic heterocycles. The summed E-state index contributed by atoms with van der Waals surface area (Å²) in [5.74, 6) is -0.563. The number of benzene rings is 2. The summed E-state index contributed by atoms with van der Waals surface area (Å²) in [5, 5.41) is 13.2. The summed E-state index contributed by atoms with van der Waals surface area (Å²) in [5.41, 5.74) is 0.915. The molecule has 96 valence electrons. The molecule has 0 aliphatic carbocycles. The van der Waals surface area contributed by atoms with Crippen LogP contribution >= 0.6 is 22.9 Å². The third-order valence-electron chi connectivity index (χ3n) is 3.08. The zero-order valence-electron chi connectivity index (χ0n) is 9.81. The fourth-order valence-corrected chi connectivity index (χ4v) is 3.27. The molecule has 2 aromatic carbocycles. The van der Waals surface area contributed by atoms with E-state index in [0.717, 1.165) is 10.1 Å². The molecule has 0 bridgehead atoms. The van der Waals surface area contributed by atoms with E-state index in [2.05, 4.69) is 0 Å². The van der Waals surface area contributed by atoms with Crippen molar-refractivity contribution in [1.29, 1.82) is 0 Å². The average Bonchev–Trinajstić information content (AvgIpc) is 2.85. The molecule has 0 aliphatic rings. The van der Waals surface area contributed by atoms with Crippen LogP contribution in [-0.4, -0.2) is 5.11 Å². The van der Waals surface area contributed by atoms with Crippen molar-refractivity contribution in [3.63, 3.8) is 0 Å². The predicted molar refractivity (Wildman–Crippen MR) is 77.3 cm³/mol. The molecule has 1 N–H and O–H groups in total. The van der Waals surface area contributed by atoms with Crippen molar-refractivity contribution in [2.45, 2.75) is 6.10 Å². The van der Waals surface area contributed by atoms with Crippen LogP contribution in [0.15, 0.2) is 47.8 Å². The maximum absolute atomic E-state index is 14.0. The lowest BCUT2D eigenvalue weighted by atomic mass is 10.0. The molecular formula is C15H10ClFOS. The molecule has 0 radical (unpaired) electrons. The first-order chi connectivity index (χ1) is 9.18. The van der Waals surface area contributed by atoms with Crippen molar-refractivity contribution >= 4 is 33.0 Å². The van der Waals surface area contributed by atoms with Crippen LogP contribution in [0.1, 0.15) is 17.2 Å². The Labute approximate surface area is 118 Å². The van der Waals surface area contributed by atoms with Gasteiger partial charge in [0, 0.05) is 15.8 Å². The molecule has 0 aliphatic heterocycles. The summed E-state index contributed by atoms with van der Waals surface area (Å²) in [6, 6.07) is 12.4. The Bertz CT molecular complexity index is 738. The summed E-state index contributed by atoms with van der Waals surface area (Å²) < 4.78 is 15.0. The van der Waals surface area contributed by atoms with E-state index >= 15 is 0 Å². The Morgan fingerprint density at radius 3 is 2.68 bits per heavy atom. The highest BCUT2D eigenvalue weighted by Gasteiger charge is 2.19. The average molecular weight is 293 g/mol. The number of thiophene rings is 1. The van der Waals surface area contributed by atoms with Gasteiger partial charge >= 0.3 is 0 Å². The van der Waals surface area contributed by atoms with Crippen molar-refractivity contribution < 1.29 is 9.50 Å². The van der Waals surface area contributed by atoms with Crippen molar-refractivity contribution in [2.75, 3.05) is 0 Å². The minimum Gasteiger partial charge on any atom is -0.383 e. The smallest absolute Gasteiger partial charge is 0.147 e. The van der Waals surface area contributed by atoms with Crippen LogP contribution in [-0.2, 0) is 0 Å². The first-order valence-electron chi connectivity index (χ1n) is 5.76. The Morgan fingerprint density at radius 2 is 1.84 bits per heavy atom. The van der Waals surface area contributed by atoms with Crippen LogP contribution < -0.4 is 0 Å². The van der Waals surface area contributed by atoms with Crippen molar-refractivity contribution in [3.8, 4) is 0 Å². The topological polar surface area (TPSA) is 20.2 Å². The molecule has 0 amide bonds. The van der Waals surface area contributed by atoms with Crippen LogP contribution in [0.4, 0.5) is 4.39 Å². The molecule has 4 heteroatoms. The van der Waals surface area contributed by atoms with Crippen LogP contribution in [0.3, 0.4) is 0 Å². The zero-order chi connectivity index (χ0) is 13.4. The highest BCUT2D eigenvalue weighted by Crippen LogP contribution is 2.35. The molecule has 3 aromatic rings. The minimum absolute atomic E-state index is 0.0242. The standard InChI is InChI=1S/C15H10ClFOS/c16-12-6-3-5-10(14(12)17)15(18)11-8-19-13-7-2-1-4-9(11)13/h1-8,15,18H. The van der Waals surface area contributed by atoms with E-state index in [9.17, 15) is 9.50 Å². The molecule has 0 fully saturated rings. The van der Waals surface area contributed by atoms with Gasteiger partial charge in [0.15, 0.2) is 0 Å². The van der Waals surface area contributed by atoms with Crippen molar-refractivity contribution in [2.24, 2.45) is 0 Å². The molecule has 1 atom stereocenters. The van der Waals surface area contributed by atoms with Crippen LogP contribution in [0.25, 0.3) is 10.1 Å². The van der Waals surface area contributed by atoms with Crippen LogP contribution in [0, 0.1) is 5.82 Å². The SMILES string of the molecule is OC(c1cccc(Cl)c1F)c1csc2ccccc12. The summed E-state index contributed by atoms with van der Waals surface area (Å²) in [4.78, 5) is 0. The van der Waals surface area contributed by atoms with Gasteiger partial charge in [-0.05, 0) is 22.9 Å². The maximum Gasteiger partial charge on any atom is 0.147 e. The lowest BCUT2D eigenvalue weighted by Gasteiger charge is -2.12. The molecule has 0 saturated carbocycles. The van der Waals surface area contributed by atoms with Crippen molar-refractivity contribution in [1.82, 2.24) is 0 Å². The minimum atomic E-state index is -1.00. The Kier molecular flexibility index (Phi) is 3.27. The van der Waals surface area contributed by atoms with E-state index in [1.165, 1.54) is 17.4 Å². The fourth-order valence-electron chi connectivity index (χ4n) is 2.11. The van der Waals surface area contributed by atoms with E-state index in [-0.39, 0.29) is 10.6 Å². The fraction of sp³-hybridized carbons (Fsp3) is 0.0667. The van der Waals surface area contributed by atoms with Gasteiger partial charge in [0.25, 0.3) is 0 Å². The van der Waals surface area contributed by atoms with Gasteiger partial charge in [-0.25, -0.2) is 4.39 Å². The second-order valence-electron chi connectivity index (χ2n) is 4.23. The lowest BCUT2D eigenvalue weighted by molar-refractivity contribution is 0.217. The molecule has 1 heterocycles. The first kappa shape index (κ1) is 12.6. The number of hydrogen-bond donors (Lipinski definition) is 1. The van der Waals surface area contributed by atoms with Gasteiger partial charge in [-0.15, -0.1) is 11.3 Å². The second kappa shape index (κ2) is 4.93. The molecule has 0 saturated heterocycles. The second-order valence-corrected chi connectivity index (χ2v) is 5.55. The maximum atomic E-state index is 14.0. The van der Waals surface area contributed by atoms with Crippen molar-refractivity contribution in [3.05, 3.63) is 69.8 Å². The summed E-state index contributed by atoms with van der Waals surface area (Å²) in [7, 11) is 0. The van der Waals surface area contributed by atoms with Gasteiger partial charge in [0.1, 0.15) is 11.9 Å². The van der Waals surface area contributed by atoms with E-state index < -0.39 is 11.9 Å². The number of hydrogen-bond acceptors (Lipinski definition) is 2. The van der Waals surface area contributed by atoms with Crippen LogP contribution in [0.2, 0.25) is 5.02 Å². The predicted octanol–water partition coefficient (Wildman–Crippen LogP) is 4.78. The lowest BCUT2D eigenvalue weighted by Crippen LogP contribution is -2.02. The zero-order valence-corrected chi connectivity index (χ0v) is 11.4. The molecular weight excluding hydrogens is 283 g/mol. The van der Waals surface area contributed by atoms with Gasteiger partial charge in [0.2, 0.25) is 0 Å². The molecule has 1 nitrogen and oxygen atoms in total. The summed E-state index contributed by atoms with van der Waals surface area (Å²) >= 11 is 7.29. The Hall–Kier alpha value is -1.42. The van der Waals surface area contributed by atoms with Crippen LogP contribution in [0.5, 0.6) is 0 Å². The van der Waals surface area contributed by atoms with E-state index in [1.807, 2.05) is 29.6 Å². The quantitative estimate of drug-likeness (QED) is 0.721. The van der Waals surface area contributed by atoms with Gasteiger partial charge in [-0.1, -0.05) is 41.9 Å². The summed E-state index contributed by atoms with van der Waals surface area (Å²) in [6.07, 6.45) is -1.00. The monoisotopic (exact) mass is 292 g/mol. The van der Waals surface area contributed by atoms with E-state index in [1.54, 1.807) is 12.1 Å². The number of halogens is 2. The number of aliphatic hydroxyl groups excluding tert-OH is 1. The third-order valence-corrected chi connectivity index (χ3v) is 4.36. The molecule has 0 spiro atoms. The summed E-state index contributed by atoms with van der Waals surface area (Å²) in [6.45, 7) is 0. The van der Waals surface area contributed by atoms with E-state index in [4.69, 9.17) is 11.6 Å². The third kappa shape index (κ3) is 2.14. The number of rotatable bonds is 2. The van der Waals surface area contributed by atoms with Gasteiger partial charge in [-0.2, -0.15) is 0 Å². The molecule has 3 rings (SSSR count). The highest BCUT2D eigenvalue weighted by atomic mass is 35.5. The number of fused-ring (bicyclic) bond motifs is 1. The Morgan fingerprint density at radius 1 is 1.05 bits per heavy atom. The normalized spacial score (nSPS) is 12.8. The van der Waals surface area contributed by atoms with E-state index in [0.29, 0.717) is 5.56 Å². The molecule has 1 unspecified atom stereocenters. The van der Waals surface area contributed by atoms with Gasteiger partial charge in [-0.3, -0.25) is 0 Å². The number of aliphatic hydroxyl groups is 1. The first-order valence-corrected chi connectivity index (χ1v) is 7.02. The molecule has 19 heavy (non-hydrogen) atoms. The highest BCUT2D eigenvalue weighted by molar-refractivity contribution is 7.17.